The normalized spacial score (nSPS) is 17.3. The number of nitrogens with zero attached hydrogens (tertiary/aromatic N) is 2. The summed E-state index contributed by atoms with van der Waals surface area (Å²) >= 11 is 0. The van der Waals surface area contributed by atoms with Crippen molar-refractivity contribution in [3.05, 3.63) is 17.7 Å². The second-order valence-corrected chi connectivity index (χ2v) is 9.51. The lowest BCUT2D eigenvalue weighted by Gasteiger charge is -2.36. The Morgan fingerprint density at radius 1 is 0.903 bits per heavy atom. The predicted octanol–water partition coefficient (Wildman–Crippen LogP) is -0.0942. The van der Waals surface area contributed by atoms with Gasteiger partial charge in [-0.15, -0.1) is 0 Å². The topological polar surface area (TPSA) is 152 Å². The van der Waals surface area contributed by atoms with Crippen molar-refractivity contribution in [2.24, 2.45) is 0 Å². The molecule has 2 N–H and O–H groups in total. The molecule has 12 nitrogen and oxygen atoms in total. The van der Waals surface area contributed by atoms with Crippen molar-refractivity contribution in [1.29, 1.82) is 0 Å². The van der Waals surface area contributed by atoms with Gasteiger partial charge in [0.2, 0.25) is 5.75 Å². The maximum absolute atomic E-state index is 11.1. The van der Waals surface area contributed by atoms with Gasteiger partial charge in [0.15, 0.2) is 11.5 Å². The van der Waals surface area contributed by atoms with Crippen LogP contribution in [-0.2, 0) is 31.2 Å². The first kappa shape index (κ1) is 25.6. The Hall–Kier alpha value is -1.68. The van der Waals surface area contributed by atoms with Gasteiger partial charge < -0.3 is 14.2 Å². The molecule has 1 aliphatic rings. The summed E-state index contributed by atoms with van der Waals surface area (Å²) in [7, 11) is -4.75. The molecule has 1 aromatic carbocycles. The fraction of sp³-hybridized carbons (Fsp3) is 0.647. The van der Waals surface area contributed by atoms with Crippen molar-refractivity contribution in [2.45, 2.75) is 12.6 Å². The third-order valence-electron chi connectivity index (χ3n) is 4.76. The molecule has 1 fully saturated rings. The fourth-order valence-corrected chi connectivity index (χ4v) is 4.67. The maximum atomic E-state index is 11.1. The van der Waals surface area contributed by atoms with Crippen molar-refractivity contribution in [3.63, 3.8) is 0 Å². The van der Waals surface area contributed by atoms with Gasteiger partial charge in [-0.1, -0.05) is 6.07 Å². The first-order valence-corrected chi connectivity index (χ1v) is 12.3. The highest BCUT2D eigenvalue weighted by molar-refractivity contribution is 7.85. The molecule has 1 unspecified atom stereocenters. The molecular formula is C17H28N2O10S2. The molecule has 1 aromatic rings. The van der Waals surface area contributed by atoms with E-state index in [0.717, 1.165) is 5.56 Å². The van der Waals surface area contributed by atoms with E-state index in [-0.39, 0.29) is 6.54 Å². The molecule has 0 aliphatic carbocycles. The lowest BCUT2D eigenvalue weighted by molar-refractivity contribution is 0.0848. The lowest BCUT2D eigenvalue weighted by Crippen LogP contribution is -2.49. The number of ether oxygens (including phenoxy) is 3. The molecule has 1 atom stereocenters. The number of methoxy groups -OCH3 is 3. The zero-order valence-corrected chi connectivity index (χ0v) is 19.2. The third-order valence-corrected chi connectivity index (χ3v) is 6.07. The minimum absolute atomic E-state index is 0.0902. The van der Waals surface area contributed by atoms with Gasteiger partial charge in [-0.25, -0.2) is 4.18 Å². The van der Waals surface area contributed by atoms with Crippen molar-refractivity contribution in [2.75, 3.05) is 59.8 Å². The van der Waals surface area contributed by atoms with Gasteiger partial charge >= 0.3 is 10.4 Å². The Bertz CT molecular complexity index is 910. The van der Waals surface area contributed by atoms with Crippen LogP contribution in [0, 0.1) is 0 Å². The van der Waals surface area contributed by atoms with Crippen LogP contribution in [0.1, 0.15) is 5.56 Å². The number of hydrogen-bond donors (Lipinski definition) is 2. The van der Waals surface area contributed by atoms with Crippen LogP contribution >= 0.6 is 0 Å². The molecular weight excluding hydrogens is 456 g/mol. The molecule has 1 heterocycles. The molecule has 2 rings (SSSR count). The van der Waals surface area contributed by atoms with E-state index in [1.54, 1.807) is 18.1 Å². The predicted molar refractivity (Wildman–Crippen MR) is 111 cm³/mol. The zero-order chi connectivity index (χ0) is 23.2. The number of benzene rings is 1. The average molecular weight is 485 g/mol. The highest BCUT2D eigenvalue weighted by Gasteiger charge is 2.28. The largest absolute Gasteiger partial charge is 0.493 e. The van der Waals surface area contributed by atoms with E-state index < -0.39 is 32.4 Å². The number of hydrogen-bond acceptors (Lipinski definition) is 10. The quantitative estimate of drug-likeness (QED) is 0.404. The standard InChI is InChI=1S/C17H28N2O10S2/c1-26-15-5-4-13(16(27-2)17(15)28-3)10-18-6-8-19(9-7-18)11-14(12-30(20,21)22)29-31(23,24)25/h4-5,14H,6-12H2,1-3H3,(H,20,21,22)(H,23,24,25). The van der Waals surface area contributed by atoms with Crippen LogP contribution in [-0.4, -0.2) is 102 Å². The molecule has 0 spiro atoms. The van der Waals surface area contributed by atoms with E-state index >= 15 is 0 Å². The zero-order valence-electron chi connectivity index (χ0n) is 17.6. The fourth-order valence-electron chi connectivity index (χ4n) is 3.46. The third kappa shape index (κ3) is 8.07. The van der Waals surface area contributed by atoms with Crippen LogP contribution in [0.4, 0.5) is 0 Å². The van der Waals surface area contributed by atoms with E-state index in [0.29, 0.717) is 50.0 Å². The summed E-state index contributed by atoms with van der Waals surface area (Å²) in [6.07, 6.45) is -1.43. The summed E-state index contributed by atoms with van der Waals surface area (Å²) in [6, 6.07) is 3.67. The van der Waals surface area contributed by atoms with Crippen molar-refractivity contribution >= 4 is 20.5 Å². The summed E-state index contributed by atoms with van der Waals surface area (Å²) in [5.74, 6) is 0.669. The molecule has 0 amide bonds. The van der Waals surface area contributed by atoms with Gasteiger partial charge in [0.25, 0.3) is 10.1 Å². The SMILES string of the molecule is COc1ccc(CN2CCN(CC(CS(=O)(=O)O)OS(=O)(=O)O)CC2)c(OC)c1OC. The van der Waals surface area contributed by atoms with E-state index in [1.807, 2.05) is 6.07 Å². The molecule has 14 heteroatoms. The molecule has 0 bridgehead atoms. The lowest BCUT2D eigenvalue weighted by atomic mass is 10.1. The highest BCUT2D eigenvalue weighted by atomic mass is 32.3. The summed E-state index contributed by atoms with van der Waals surface area (Å²) in [6.45, 7) is 2.66. The average Bonchev–Trinajstić information content (AvgIpc) is 2.66. The van der Waals surface area contributed by atoms with Crippen LogP contribution in [0.2, 0.25) is 0 Å². The van der Waals surface area contributed by atoms with Crippen LogP contribution in [0.15, 0.2) is 12.1 Å². The molecule has 0 saturated carbocycles. The van der Waals surface area contributed by atoms with Crippen LogP contribution < -0.4 is 14.2 Å². The molecule has 0 radical (unpaired) electrons. The first-order chi connectivity index (χ1) is 14.5. The second kappa shape index (κ2) is 10.8. The highest BCUT2D eigenvalue weighted by Crippen LogP contribution is 2.40. The minimum atomic E-state index is -4.87. The van der Waals surface area contributed by atoms with Gasteiger partial charge in [-0.2, -0.15) is 16.8 Å². The molecule has 178 valence electrons. The van der Waals surface area contributed by atoms with E-state index in [4.69, 9.17) is 23.3 Å². The van der Waals surface area contributed by atoms with Gasteiger partial charge in [-0.05, 0) is 6.07 Å². The summed E-state index contributed by atoms with van der Waals surface area (Å²) < 4.78 is 82.7. The Kier molecular flexibility index (Phi) is 8.88. The van der Waals surface area contributed by atoms with Gasteiger partial charge in [0, 0.05) is 44.8 Å². The molecule has 1 saturated heterocycles. The van der Waals surface area contributed by atoms with E-state index in [9.17, 15) is 16.8 Å². The Morgan fingerprint density at radius 2 is 1.48 bits per heavy atom. The molecule has 0 aromatic heterocycles. The van der Waals surface area contributed by atoms with Gasteiger partial charge in [0.05, 0.1) is 21.3 Å². The minimum Gasteiger partial charge on any atom is -0.493 e. The van der Waals surface area contributed by atoms with Crippen LogP contribution in [0.25, 0.3) is 0 Å². The second-order valence-electron chi connectivity index (χ2n) is 6.96. The van der Waals surface area contributed by atoms with Crippen LogP contribution in [0.3, 0.4) is 0 Å². The Balaban J connectivity index is 2.01. The monoisotopic (exact) mass is 484 g/mol. The van der Waals surface area contributed by atoms with Gasteiger partial charge in [0.1, 0.15) is 11.9 Å². The number of rotatable bonds is 11. The van der Waals surface area contributed by atoms with E-state index in [1.165, 1.54) is 14.2 Å². The molecule has 1 aliphatic heterocycles. The summed E-state index contributed by atoms with van der Waals surface area (Å²) in [5, 5.41) is 0. The summed E-state index contributed by atoms with van der Waals surface area (Å²) in [5.41, 5.74) is 0.896. The smallest absolute Gasteiger partial charge is 0.397 e. The van der Waals surface area contributed by atoms with E-state index in [2.05, 4.69) is 9.08 Å². The summed E-state index contributed by atoms with van der Waals surface area (Å²) in [4.78, 5) is 3.94. The van der Waals surface area contributed by atoms with Crippen molar-refractivity contribution in [3.8, 4) is 17.2 Å². The first-order valence-electron chi connectivity index (χ1n) is 9.29. The van der Waals surface area contributed by atoms with Crippen molar-refractivity contribution < 1.29 is 44.3 Å². The van der Waals surface area contributed by atoms with Gasteiger partial charge in [-0.3, -0.25) is 18.9 Å². The van der Waals surface area contributed by atoms with Crippen molar-refractivity contribution in [1.82, 2.24) is 9.80 Å². The maximum Gasteiger partial charge on any atom is 0.397 e. The Morgan fingerprint density at radius 3 is 1.97 bits per heavy atom. The van der Waals surface area contributed by atoms with Crippen LogP contribution in [0.5, 0.6) is 17.2 Å². The Labute approximate surface area is 182 Å². The molecule has 31 heavy (non-hydrogen) atoms. The number of piperazine rings is 1.